The second-order valence-electron chi connectivity index (χ2n) is 7.16. The van der Waals surface area contributed by atoms with Crippen LogP contribution in [0.1, 0.15) is 38.5 Å². The molecule has 1 amide bonds. The average Bonchev–Trinajstić information content (AvgIpc) is 3.11. The number of anilines is 1. The first kappa shape index (κ1) is 21.5. The first-order valence-corrected chi connectivity index (χ1v) is 11.6. The van der Waals surface area contributed by atoms with Crippen molar-refractivity contribution in [2.75, 3.05) is 26.0 Å². The Bertz CT molecular complexity index is 1020. The lowest BCUT2D eigenvalue weighted by Gasteiger charge is -2.15. The van der Waals surface area contributed by atoms with Gasteiger partial charge in [0.1, 0.15) is 4.88 Å². The standard InChI is InChI=1S/C20H24N2O5S2/c1-13-8-9-15(11-18(13)29(25,26)22(2)3)21-19(23)12-27-20(24)17-10-14-6-4-5-7-16(14)28-17/h8-11H,4-7,12H2,1-3H3,(H,21,23). The van der Waals surface area contributed by atoms with Crippen molar-refractivity contribution >= 4 is 38.9 Å². The molecule has 1 N–H and O–H groups in total. The quantitative estimate of drug-likeness (QED) is 0.703. The normalized spacial score (nSPS) is 13.8. The number of ether oxygens (including phenoxy) is 1. The minimum atomic E-state index is -3.63. The Morgan fingerprint density at radius 2 is 1.90 bits per heavy atom. The van der Waals surface area contributed by atoms with Gasteiger partial charge in [0, 0.05) is 24.7 Å². The summed E-state index contributed by atoms with van der Waals surface area (Å²) in [4.78, 5) is 26.3. The molecule has 0 radical (unpaired) electrons. The SMILES string of the molecule is Cc1ccc(NC(=O)COC(=O)c2cc3c(s2)CCCC3)cc1S(=O)(=O)N(C)C. The summed E-state index contributed by atoms with van der Waals surface area (Å²) in [6.07, 6.45) is 4.22. The number of rotatable bonds is 6. The number of amides is 1. The van der Waals surface area contributed by atoms with Crippen molar-refractivity contribution in [3.05, 3.63) is 45.1 Å². The van der Waals surface area contributed by atoms with Gasteiger partial charge in [-0.3, -0.25) is 4.79 Å². The molecular weight excluding hydrogens is 412 g/mol. The van der Waals surface area contributed by atoms with Crippen LogP contribution in [0.3, 0.4) is 0 Å². The van der Waals surface area contributed by atoms with Crippen LogP contribution in [0.15, 0.2) is 29.2 Å². The maximum Gasteiger partial charge on any atom is 0.348 e. The predicted molar refractivity (Wildman–Crippen MR) is 112 cm³/mol. The lowest BCUT2D eigenvalue weighted by atomic mass is 9.99. The van der Waals surface area contributed by atoms with Crippen molar-refractivity contribution in [2.24, 2.45) is 0 Å². The van der Waals surface area contributed by atoms with E-state index in [9.17, 15) is 18.0 Å². The van der Waals surface area contributed by atoms with Crippen molar-refractivity contribution in [3.8, 4) is 0 Å². The highest BCUT2D eigenvalue weighted by Crippen LogP contribution is 2.30. The highest BCUT2D eigenvalue weighted by Gasteiger charge is 2.21. The summed E-state index contributed by atoms with van der Waals surface area (Å²) in [5, 5.41) is 2.58. The number of fused-ring (bicyclic) bond motifs is 1. The van der Waals surface area contributed by atoms with Gasteiger partial charge in [-0.1, -0.05) is 6.07 Å². The van der Waals surface area contributed by atoms with Gasteiger partial charge >= 0.3 is 5.97 Å². The fourth-order valence-corrected chi connectivity index (χ4v) is 5.43. The Kier molecular flexibility index (Phi) is 6.40. The van der Waals surface area contributed by atoms with Crippen LogP contribution in [0.25, 0.3) is 0 Å². The number of benzene rings is 1. The summed E-state index contributed by atoms with van der Waals surface area (Å²) in [6, 6.07) is 6.49. The van der Waals surface area contributed by atoms with E-state index in [1.165, 1.54) is 41.9 Å². The van der Waals surface area contributed by atoms with Gasteiger partial charge in [-0.05, 0) is 61.9 Å². The van der Waals surface area contributed by atoms with Crippen molar-refractivity contribution in [2.45, 2.75) is 37.5 Å². The highest BCUT2D eigenvalue weighted by atomic mass is 32.2. The van der Waals surface area contributed by atoms with Gasteiger partial charge in [0.2, 0.25) is 10.0 Å². The van der Waals surface area contributed by atoms with Gasteiger partial charge in [-0.2, -0.15) is 0 Å². The fraction of sp³-hybridized carbons (Fsp3) is 0.400. The first-order chi connectivity index (χ1) is 13.7. The van der Waals surface area contributed by atoms with E-state index >= 15 is 0 Å². The molecule has 7 nitrogen and oxygen atoms in total. The van der Waals surface area contributed by atoms with Gasteiger partial charge in [-0.25, -0.2) is 17.5 Å². The number of thiophene rings is 1. The summed E-state index contributed by atoms with van der Waals surface area (Å²) in [5.74, 6) is -1.05. The van der Waals surface area contributed by atoms with Crippen LogP contribution in [-0.4, -0.2) is 45.3 Å². The van der Waals surface area contributed by atoms with E-state index in [2.05, 4.69) is 5.32 Å². The molecule has 0 saturated heterocycles. The van der Waals surface area contributed by atoms with Crippen LogP contribution < -0.4 is 5.32 Å². The third-order valence-electron chi connectivity index (χ3n) is 4.76. The summed E-state index contributed by atoms with van der Waals surface area (Å²) in [7, 11) is -0.739. The van der Waals surface area contributed by atoms with Crippen molar-refractivity contribution in [1.29, 1.82) is 0 Å². The molecule has 1 aliphatic carbocycles. The number of carbonyl (C=O) groups excluding carboxylic acids is 2. The van der Waals surface area contributed by atoms with E-state index in [0.717, 1.165) is 30.0 Å². The number of sulfonamides is 1. The van der Waals surface area contributed by atoms with Gasteiger partial charge in [0.05, 0.1) is 4.90 Å². The van der Waals surface area contributed by atoms with E-state index < -0.39 is 28.5 Å². The Labute approximate surface area is 174 Å². The molecule has 0 unspecified atom stereocenters. The third kappa shape index (κ3) is 4.85. The molecule has 3 rings (SSSR count). The van der Waals surface area contributed by atoms with Crippen LogP contribution in [0.4, 0.5) is 5.69 Å². The molecule has 0 saturated carbocycles. The number of aryl methyl sites for hydroxylation is 3. The van der Waals surface area contributed by atoms with E-state index in [1.807, 2.05) is 6.07 Å². The number of carbonyl (C=O) groups is 2. The van der Waals surface area contributed by atoms with E-state index in [0.29, 0.717) is 16.1 Å². The van der Waals surface area contributed by atoms with E-state index in [4.69, 9.17) is 4.74 Å². The van der Waals surface area contributed by atoms with E-state index in [1.54, 1.807) is 19.1 Å². The van der Waals surface area contributed by atoms with Gasteiger partial charge < -0.3 is 10.1 Å². The van der Waals surface area contributed by atoms with Crippen LogP contribution >= 0.6 is 11.3 Å². The molecular formula is C20H24N2O5S2. The number of nitrogens with one attached hydrogen (secondary N) is 1. The molecule has 1 heterocycles. The Morgan fingerprint density at radius 1 is 1.17 bits per heavy atom. The smallest absolute Gasteiger partial charge is 0.348 e. The minimum Gasteiger partial charge on any atom is -0.451 e. The maximum absolute atomic E-state index is 12.4. The Hall–Kier alpha value is -2.23. The number of hydrogen-bond acceptors (Lipinski definition) is 6. The average molecular weight is 437 g/mol. The lowest BCUT2D eigenvalue weighted by Crippen LogP contribution is -2.24. The molecule has 0 aliphatic heterocycles. The van der Waals surface area contributed by atoms with E-state index in [-0.39, 0.29) is 4.90 Å². The van der Waals surface area contributed by atoms with Gasteiger partial charge in [0.25, 0.3) is 5.91 Å². The zero-order valence-corrected chi connectivity index (χ0v) is 18.3. The molecule has 1 aromatic heterocycles. The molecule has 1 aromatic carbocycles. The molecule has 0 bridgehead atoms. The van der Waals surface area contributed by atoms with Crippen LogP contribution in [-0.2, 0) is 32.4 Å². The molecule has 9 heteroatoms. The van der Waals surface area contributed by atoms with Crippen molar-refractivity contribution in [3.63, 3.8) is 0 Å². The zero-order valence-electron chi connectivity index (χ0n) is 16.6. The molecule has 0 spiro atoms. The minimum absolute atomic E-state index is 0.112. The van der Waals surface area contributed by atoms with Gasteiger partial charge in [0.15, 0.2) is 6.61 Å². The topological polar surface area (TPSA) is 92.8 Å². The van der Waals surface area contributed by atoms with Crippen LogP contribution in [0, 0.1) is 6.92 Å². The molecule has 29 heavy (non-hydrogen) atoms. The predicted octanol–water partition coefficient (Wildman–Crippen LogP) is 2.98. The second kappa shape index (κ2) is 8.64. The Balaban J connectivity index is 1.62. The molecule has 1 aliphatic rings. The monoisotopic (exact) mass is 436 g/mol. The van der Waals surface area contributed by atoms with Gasteiger partial charge in [-0.15, -0.1) is 11.3 Å². The maximum atomic E-state index is 12.4. The summed E-state index contributed by atoms with van der Waals surface area (Å²) >= 11 is 1.43. The van der Waals surface area contributed by atoms with Crippen molar-refractivity contribution in [1.82, 2.24) is 4.31 Å². The third-order valence-corrected chi connectivity index (χ3v) is 7.94. The fourth-order valence-electron chi connectivity index (χ4n) is 3.14. The zero-order chi connectivity index (χ0) is 21.2. The Morgan fingerprint density at radius 3 is 2.59 bits per heavy atom. The lowest BCUT2D eigenvalue weighted by molar-refractivity contribution is -0.119. The van der Waals surface area contributed by atoms with Crippen molar-refractivity contribution < 1.29 is 22.7 Å². The molecule has 2 aromatic rings. The molecule has 0 fully saturated rings. The molecule has 156 valence electrons. The highest BCUT2D eigenvalue weighted by molar-refractivity contribution is 7.89. The number of esters is 1. The largest absolute Gasteiger partial charge is 0.451 e. The summed E-state index contributed by atoms with van der Waals surface area (Å²) in [5.41, 5.74) is 2.10. The summed E-state index contributed by atoms with van der Waals surface area (Å²) in [6.45, 7) is 1.25. The molecule has 0 atom stereocenters. The van der Waals surface area contributed by atoms with Crippen LogP contribution in [0.2, 0.25) is 0 Å². The first-order valence-electron chi connectivity index (χ1n) is 9.30. The van der Waals surface area contributed by atoms with Crippen LogP contribution in [0.5, 0.6) is 0 Å². The number of hydrogen-bond donors (Lipinski definition) is 1. The second-order valence-corrected chi connectivity index (χ2v) is 10.4. The summed E-state index contributed by atoms with van der Waals surface area (Å²) < 4.78 is 31.0. The number of nitrogens with zero attached hydrogens (tertiary/aromatic N) is 1.